The second-order valence-electron chi connectivity index (χ2n) is 5.36. The predicted molar refractivity (Wildman–Crippen MR) is 99.0 cm³/mol. The molecule has 2 aromatic rings. The van der Waals surface area contributed by atoms with Crippen molar-refractivity contribution in [3.63, 3.8) is 0 Å². The fourth-order valence-corrected chi connectivity index (χ4v) is 2.31. The molecule has 0 saturated carbocycles. The number of carboxylic acids is 1. The van der Waals surface area contributed by atoms with Crippen LogP contribution in [-0.2, 0) is 4.79 Å². The molecule has 7 heteroatoms. The lowest BCUT2D eigenvalue weighted by Crippen LogP contribution is -2.12. The number of methoxy groups -OCH3 is 3. The maximum Gasteiger partial charge on any atom is 0.341 e. The van der Waals surface area contributed by atoms with E-state index in [-0.39, 0.29) is 17.1 Å². The van der Waals surface area contributed by atoms with Crippen molar-refractivity contribution in [1.29, 1.82) is 0 Å². The van der Waals surface area contributed by atoms with Gasteiger partial charge in [0.05, 0.1) is 21.3 Å². The number of carboxylic acid groups (broad SMARTS) is 1. The standard InChI is InChI=1S/C20H20O7/c1-24-14-7-4-13(5-8-14)6-9-16(21)20-17(26-3)10-15(25-2)11-18(20)27-12-19(22)23/h4-11H,12H2,1-3H3,(H,22,23)/b9-6+. The summed E-state index contributed by atoms with van der Waals surface area (Å²) in [5, 5.41) is 8.86. The number of ether oxygens (including phenoxy) is 4. The van der Waals surface area contributed by atoms with Crippen LogP contribution >= 0.6 is 0 Å². The Labute approximate surface area is 156 Å². The van der Waals surface area contributed by atoms with Crippen LogP contribution in [0, 0.1) is 0 Å². The van der Waals surface area contributed by atoms with E-state index < -0.39 is 18.4 Å². The lowest BCUT2D eigenvalue weighted by Gasteiger charge is -2.14. The highest BCUT2D eigenvalue weighted by Gasteiger charge is 2.19. The zero-order chi connectivity index (χ0) is 19.8. The van der Waals surface area contributed by atoms with Crippen molar-refractivity contribution in [2.75, 3.05) is 27.9 Å². The molecule has 0 heterocycles. The van der Waals surface area contributed by atoms with Gasteiger partial charge in [0.1, 0.15) is 28.6 Å². The summed E-state index contributed by atoms with van der Waals surface area (Å²) in [5.41, 5.74) is 0.911. The third kappa shape index (κ3) is 5.24. The first-order chi connectivity index (χ1) is 13.0. The van der Waals surface area contributed by atoms with Crippen LogP contribution in [0.1, 0.15) is 15.9 Å². The van der Waals surface area contributed by atoms with Crippen LogP contribution < -0.4 is 18.9 Å². The summed E-state index contributed by atoms with van der Waals surface area (Å²) in [6, 6.07) is 10.1. The number of hydrogen-bond acceptors (Lipinski definition) is 6. The minimum Gasteiger partial charge on any atom is -0.497 e. The smallest absolute Gasteiger partial charge is 0.341 e. The molecule has 0 unspecified atom stereocenters. The van der Waals surface area contributed by atoms with Crippen LogP contribution in [0.5, 0.6) is 23.0 Å². The summed E-state index contributed by atoms with van der Waals surface area (Å²) in [5.74, 6) is -0.186. The maximum absolute atomic E-state index is 12.7. The molecule has 0 saturated heterocycles. The minimum atomic E-state index is -1.16. The summed E-state index contributed by atoms with van der Waals surface area (Å²) in [6.07, 6.45) is 2.99. The van der Waals surface area contributed by atoms with E-state index in [9.17, 15) is 9.59 Å². The van der Waals surface area contributed by atoms with Gasteiger partial charge in [-0.25, -0.2) is 4.79 Å². The highest BCUT2D eigenvalue weighted by atomic mass is 16.5. The lowest BCUT2D eigenvalue weighted by molar-refractivity contribution is -0.139. The van der Waals surface area contributed by atoms with E-state index in [4.69, 9.17) is 24.1 Å². The average Bonchev–Trinajstić information content (AvgIpc) is 2.69. The normalized spacial score (nSPS) is 10.5. The minimum absolute atomic E-state index is 0.0676. The largest absolute Gasteiger partial charge is 0.497 e. The highest BCUT2D eigenvalue weighted by molar-refractivity contribution is 6.10. The number of carbonyl (C=O) groups excluding carboxylic acids is 1. The van der Waals surface area contributed by atoms with E-state index >= 15 is 0 Å². The molecular weight excluding hydrogens is 352 g/mol. The molecule has 7 nitrogen and oxygen atoms in total. The first kappa shape index (κ1) is 19.8. The predicted octanol–water partition coefficient (Wildman–Crippen LogP) is 3.07. The number of rotatable bonds is 9. The Bertz CT molecular complexity index is 838. The fourth-order valence-electron chi connectivity index (χ4n) is 2.31. The SMILES string of the molecule is COc1ccc(/C=C/C(=O)c2c(OC)cc(OC)cc2OCC(=O)O)cc1. The zero-order valence-electron chi connectivity index (χ0n) is 15.2. The van der Waals surface area contributed by atoms with Crippen LogP contribution in [-0.4, -0.2) is 44.8 Å². The first-order valence-electron chi connectivity index (χ1n) is 7.95. The van der Waals surface area contributed by atoms with Crippen LogP contribution in [0.4, 0.5) is 0 Å². The zero-order valence-corrected chi connectivity index (χ0v) is 15.2. The van der Waals surface area contributed by atoms with Crippen molar-refractivity contribution in [2.45, 2.75) is 0 Å². The topological polar surface area (TPSA) is 91.3 Å². The van der Waals surface area contributed by atoms with Crippen molar-refractivity contribution in [1.82, 2.24) is 0 Å². The van der Waals surface area contributed by atoms with Gasteiger partial charge < -0.3 is 24.1 Å². The Kier molecular flexibility index (Phi) is 6.82. The lowest BCUT2D eigenvalue weighted by atomic mass is 10.1. The molecule has 2 aromatic carbocycles. The molecule has 0 radical (unpaired) electrons. The van der Waals surface area contributed by atoms with Crippen LogP contribution in [0.15, 0.2) is 42.5 Å². The number of ketones is 1. The van der Waals surface area contributed by atoms with Gasteiger partial charge in [-0.1, -0.05) is 18.2 Å². The quantitative estimate of drug-likeness (QED) is 0.534. The molecule has 0 fully saturated rings. The first-order valence-corrected chi connectivity index (χ1v) is 7.95. The molecule has 142 valence electrons. The molecule has 0 spiro atoms. The molecule has 0 atom stereocenters. The molecule has 0 aliphatic heterocycles. The summed E-state index contributed by atoms with van der Waals surface area (Å²) < 4.78 is 20.8. The van der Waals surface area contributed by atoms with E-state index in [0.29, 0.717) is 11.5 Å². The molecule has 0 aromatic heterocycles. The van der Waals surface area contributed by atoms with Crippen LogP contribution in [0.25, 0.3) is 6.08 Å². The van der Waals surface area contributed by atoms with Crippen molar-refractivity contribution in [3.8, 4) is 23.0 Å². The van der Waals surface area contributed by atoms with Gasteiger partial charge in [-0.2, -0.15) is 0 Å². The monoisotopic (exact) mass is 372 g/mol. The molecule has 0 bridgehead atoms. The van der Waals surface area contributed by atoms with Crippen molar-refractivity contribution in [3.05, 3.63) is 53.6 Å². The van der Waals surface area contributed by atoms with Crippen LogP contribution in [0.3, 0.4) is 0 Å². The highest BCUT2D eigenvalue weighted by Crippen LogP contribution is 2.35. The molecular formula is C20H20O7. The van der Waals surface area contributed by atoms with Crippen molar-refractivity contribution in [2.24, 2.45) is 0 Å². The van der Waals surface area contributed by atoms with Gasteiger partial charge in [-0.3, -0.25) is 4.79 Å². The van der Waals surface area contributed by atoms with Crippen molar-refractivity contribution >= 4 is 17.8 Å². The van der Waals surface area contributed by atoms with Gasteiger partial charge in [0.15, 0.2) is 12.4 Å². The average molecular weight is 372 g/mol. The molecule has 27 heavy (non-hydrogen) atoms. The Morgan fingerprint density at radius 3 is 2.11 bits per heavy atom. The summed E-state index contributed by atoms with van der Waals surface area (Å²) in [4.78, 5) is 23.6. The molecule has 0 amide bonds. The molecule has 0 aliphatic carbocycles. The van der Waals surface area contributed by atoms with Gasteiger partial charge in [0.2, 0.25) is 0 Å². The Morgan fingerprint density at radius 2 is 1.56 bits per heavy atom. The second kappa shape index (κ2) is 9.28. The van der Waals surface area contributed by atoms with E-state index in [0.717, 1.165) is 5.56 Å². The Hall–Kier alpha value is -3.48. The van der Waals surface area contributed by atoms with Gasteiger partial charge in [0, 0.05) is 12.1 Å². The molecule has 1 N–H and O–H groups in total. The Balaban J connectivity index is 2.36. The Morgan fingerprint density at radius 1 is 0.926 bits per heavy atom. The summed E-state index contributed by atoms with van der Waals surface area (Å²) in [7, 11) is 4.42. The number of allylic oxidation sites excluding steroid dienone is 1. The summed E-state index contributed by atoms with van der Waals surface area (Å²) in [6.45, 7) is -0.598. The van der Waals surface area contributed by atoms with Crippen molar-refractivity contribution < 1.29 is 33.6 Å². The third-order valence-corrected chi connectivity index (χ3v) is 3.64. The number of carbonyl (C=O) groups is 2. The number of benzene rings is 2. The third-order valence-electron chi connectivity index (χ3n) is 3.64. The van der Waals surface area contributed by atoms with E-state index in [1.165, 1.54) is 32.4 Å². The van der Waals surface area contributed by atoms with Gasteiger partial charge in [-0.05, 0) is 23.8 Å². The summed E-state index contributed by atoms with van der Waals surface area (Å²) >= 11 is 0. The van der Waals surface area contributed by atoms with E-state index in [1.807, 2.05) is 0 Å². The second-order valence-corrected chi connectivity index (χ2v) is 5.36. The van der Waals surface area contributed by atoms with Gasteiger partial charge >= 0.3 is 5.97 Å². The van der Waals surface area contributed by atoms with Gasteiger partial charge in [0.25, 0.3) is 0 Å². The van der Waals surface area contributed by atoms with E-state index in [1.54, 1.807) is 37.5 Å². The number of hydrogen-bond donors (Lipinski definition) is 1. The van der Waals surface area contributed by atoms with Gasteiger partial charge in [-0.15, -0.1) is 0 Å². The van der Waals surface area contributed by atoms with E-state index in [2.05, 4.69) is 0 Å². The number of aliphatic carboxylic acids is 1. The maximum atomic E-state index is 12.7. The molecule has 0 aliphatic rings. The fraction of sp³-hybridized carbons (Fsp3) is 0.200. The van der Waals surface area contributed by atoms with Crippen LogP contribution in [0.2, 0.25) is 0 Å². The molecule has 2 rings (SSSR count).